The van der Waals surface area contributed by atoms with Crippen LogP contribution in [-0.4, -0.2) is 62.3 Å². The highest BCUT2D eigenvalue weighted by molar-refractivity contribution is 5.82. The van der Waals surface area contributed by atoms with Crippen LogP contribution in [0, 0.1) is 28.9 Å². The summed E-state index contributed by atoms with van der Waals surface area (Å²) >= 11 is 0. The molecule has 0 N–H and O–H groups in total. The van der Waals surface area contributed by atoms with E-state index >= 15 is 0 Å². The van der Waals surface area contributed by atoms with Gasteiger partial charge in [0, 0.05) is 58.5 Å². The highest BCUT2D eigenvalue weighted by Gasteiger charge is 2.49. The van der Waals surface area contributed by atoms with E-state index in [0.29, 0.717) is 49.5 Å². The number of aromatic nitrogens is 1. The van der Waals surface area contributed by atoms with Gasteiger partial charge in [-0.3, -0.25) is 4.79 Å². The Morgan fingerprint density at radius 1 is 1.08 bits per heavy atom. The fourth-order valence-electron chi connectivity index (χ4n) is 6.00. The molecular weight excluding hydrogens is 502 g/mol. The third-order valence-electron chi connectivity index (χ3n) is 8.08. The molecule has 0 unspecified atom stereocenters. The number of nitrogens with zero attached hydrogens (tertiary/aromatic N) is 4. The van der Waals surface area contributed by atoms with E-state index < -0.39 is 35.2 Å². The SMILES string of the molecule is CO[C@H]1CN(C(=O)[C@@H]2CN(c3ccc(C#N)cn3)C[C@H]2c2ccc(F)cc2F)CC[C@]1(OC)c1ccccc1. The van der Waals surface area contributed by atoms with Gasteiger partial charge in [-0.1, -0.05) is 36.4 Å². The molecule has 39 heavy (non-hydrogen) atoms. The molecule has 1 aromatic heterocycles. The topological polar surface area (TPSA) is 78.7 Å². The van der Waals surface area contributed by atoms with Crippen LogP contribution in [0.2, 0.25) is 0 Å². The summed E-state index contributed by atoms with van der Waals surface area (Å²) in [6.07, 6.45) is 1.59. The molecule has 9 heteroatoms. The van der Waals surface area contributed by atoms with Gasteiger partial charge in [0.15, 0.2) is 0 Å². The predicted octanol–water partition coefficient (Wildman–Crippen LogP) is 4.24. The first-order chi connectivity index (χ1) is 18.9. The number of benzene rings is 2. The normalized spacial score (nSPS) is 24.9. The van der Waals surface area contributed by atoms with Crippen LogP contribution >= 0.6 is 0 Å². The van der Waals surface area contributed by atoms with E-state index in [1.807, 2.05) is 41.3 Å². The van der Waals surface area contributed by atoms with Crippen LogP contribution in [0.5, 0.6) is 0 Å². The molecule has 0 radical (unpaired) electrons. The van der Waals surface area contributed by atoms with Crippen LogP contribution in [0.25, 0.3) is 0 Å². The standard InChI is InChI=1S/C30H30F2N4O3/c1-38-27-19-35(13-12-30(27,39-2)21-6-4-3-5-7-21)29(37)25-18-36(28-11-8-20(15-33)16-34-28)17-24(25)23-10-9-22(31)14-26(23)32/h3-11,14,16,24-25,27H,12-13,17-19H2,1-2H3/t24-,25+,27-,30-/m0/s1. The van der Waals surface area contributed by atoms with Crippen LogP contribution in [0.15, 0.2) is 66.9 Å². The number of halogens is 2. The van der Waals surface area contributed by atoms with Gasteiger partial charge >= 0.3 is 0 Å². The second kappa shape index (κ2) is 11.1. The maximum atomic E-state index is 15.0. The van der Waals surface area contributed by atoms with Gasteiger partial charge in [0.2, 0.25) is 5.91 Å². The van der Waals surface area contributed by atoms with E-state index in [-0.39, 0.29) is 5.91 Å². The number of rotatable bonds is 6. The molecule has 2 fully saturated rings. The van der Waals surface area contributed by atoms with E-state index in [2.05, 4.69) is 4.98 Å². The van der Waals surface area contributed by atoms with Crippen molar-refractivity contribution in [2.75, 3.05) is 45.3 Å². The van der Waals surface area contributed by atoms with Crippen LogP contribution in [0.4, 0.5) is 14.6 Å². The molecule has 3 aromatic rings. The van der Waals surface area contributed by atoms with Gasteiger partial charge in [0.05, 0.1) is 18.0 Å². The third kappa shape index (κ3) is 4.98. The predicted molar refractivity (Wildman–Crippen MR) is 141 cm³/mol. The first-order valence-electron chi connectivity index (χ1n) is 12.9. The first-order valence-corrected chi connectivity index (χ1v) is 12.9. The number of carbonyl (C=O) groups is 1. The molecule has 3 heterocycles. The summed E-state index contributed by atoms with van der Waals surface area (Å²) in [6.45, 7) is 1.38. The summed E-state index contributed by atoms with van der Waals surface area (Å²) in [7, 11) is 3.27. The van der Waals surface area contributed by atoms with Crippen molar-refractivity contribution in [3.05, 3.63) is 95.2 Å². The fraction of sp³-hybridized carbons (Fsp3) is 0.367. The second-order valence-electron chi connectivity index (χ2n) is 10.0. The Kier molecular flexibility index (Phi) is 7.60. The van der Waals surface area contributed by atoms with Crippen LogP contribution < -0.4 is 4.90 Å². The van der Waals surface area contributed by atoms with E-state index in [0.717, 1.165) is 11.6 Å². The Morgan fingerprint density at radius 2 is 1.87 bits per heavy atom. The number of nitriles is 1. The highest BCUT2D eigenvalue weighted by atomic mass is 19.1. The van der Waals surface area contributed by atoms with Gasteiger partial charge in [0.25, 0.3) is 0 Å². The van der Waals surface area contributed by atoms with Gasteiger partial charge in [-0.15, -0.1) is 0 Å². The number of piperidine rings is 1. The zero-order chi connectivity index (χ0) is 27.6. The van der Waals surface area contributed by atoms with Gasteiger partial charge in [0.1, 0.15) is 35.2 Å². The summed E-state index contributed by atoms with van der Waals surface area (Å²) in [6, 6.07) is 18.8. The lowest BCUT2D eigenvalue weighted by molar-refractivity contribution is -0.170. The molecule has 0 bridgehead atoms. The quantitative estimate of drug-likeness (QED) is 0.473. The summed E-state index contributed by atoms with van der Waals surface area (Å²) < 4.78 is 40.7. The average molecular weight is 533 g/mol. The van der Waals surface area contributed by atoms with Crippen LogP contribution in [0.3, 0.4) is 0 Å². The number of carbonyl (C=O) groups excluding carboxylic acids is 1. The fourth-order valence-corrected chi connectivity index (χ4v) is 6.00. The summed E-state index contributed by atoms with van der Waals surface area (Å²) in [5.74, 6) is -1.99. The lowest BCUT2D eigenvalue weighted by Gasteiger charge is -2.47. The van der Waals surface area contributed by atoms with Gasteiger partial charge in [-0.2, -0.15) is 5.26 Å². The summed E-state index contributed by atoms with van der Waals surface area (Å²) in [5.41, 5.74) is 0.993. The Hall–Kier alpha value is -3.87. The largest absolute Gasteiger partial charge is 0.376 e. The molecule has 2 aliphatic rings. The Labute approximate surface area is 226 Å². The monoisotopic (exact) mass is 532 g/mol. The number of hydrogen-bond acceptors (Lipinski definition) is 6. The summed E-state index contributed by atoms with van der Waals surface area (Å²) in [5, 5.41) is 9.12. The van der Waals surface area contributed by atoms with Crippen LogP contribution in [0.1, 0.15) is 29.0 Å². The molecule has 2 saturated heterocycles. The highest BCUT2D eigenvalue weighted by Crippen LogP contribution is 2.41. The molecule has 5 rings (SSSR count). The Balaban J connectivity index is 1.43. The van der Waals surface area contributed by atoms with E-state index in [1.54, 1.807) is 31.3 Å². The van der Waals surface area contributed by atoms with Crippen molar-refractivity contribution in [1.82, 2.24) is 9.88 Å². The third-order valence-corrected chi connectivity index (χ3v) is 8.08. The van der Waals surface area contributed by atoms with Gasteiger partial charge in [-0.25, -0.2) is 13.8 Å². The summed E-state index contributed by atoms with van der Waals surface area (Å²) in [4.78, 5) is 22.1. The Morgan fingerprint density at radius 3 is 2.51 bits per heavy atom. The smallest absolute Gasteiger partial charge is 0.228 e. The minimum atomic E-state index is -0.705. The number of anilines is 1. The minimum absolute atomic E-state index is 0.125. The Bertz CT molecular complexity index is 1360. The van der Waals surface area contributed by atoms with Crippen LogP contribution in [-0.2, 0) is 19.9 Å². The molecular formula is C30H30F2N4O3. The first kappa shape index (κ1) is 26.7. The molecule has 0 saturated carbocycles. The maximum absolute atomic E-state index is 15.0. The lowest BCUT2D eigenvalue weighted by atomic mass is 9.80. The van der Waals surface area contributed by atoms with Gasteiger partial charge in [-0.05, 0) is 29.3 Å². The zero-order valence-electron chi connectivity index (χ0n) is 21.9. The zero-order valence-corrected chi connectivity index (χ0v) is 21.9. The van der Waals surface area contributed by atoms with Crippen molar-refractivity contribution in [3.63, 3.8) is 0 Å². The molecule has 2 aliphatic heterocycles. The number of methoxy groups -OCH3 is 2. The molecule has 4 atom stereocenters. The van der Waals surface area contributed by atoms with E-state index in [9.17, 15) is 13.6 Å². The average Bonchev–Trinajstić information content (AvgIpc) is 3.42. The molecule has 1 amide bonds. The van der Waals surface area contributed by atoms with Crippen molar-refractivity contribution < 1.29 is 23.0 Å². The molecule has 2 aromatic carbocycles. The number of likely N-dealkylation sites (tertiary alicyclic amines) is 1. The minimum Gasteiger partial charge on any atom is -0.376 e. The van der Waals surface area contributed by atoms with Crippen molar-refractivity contribution in [2.24, 2.45) is 5.92 Å². The van der Waals surface area contributed by atoms with E-state index in [4.69, 9.17) is 14.7 Å². The molecule has 0 aliphatic carbocycles. The van der Waals surface area contributed by atoms with Crippen molar-refractivity contribution in [1.29, 1.82) is 5.26 Å². The van der Waals surface area contributed by atoms with Crippen molar-refractivity contribution >= 4 is 11.7 Å². The van der Waals surface area contributed by atoms with Crippen molar-refractivity contribution in [3.8, 4) is 6.07 Å². The molecule has 7 nitrogen and oxygen atoms in total. The lowest BCUT2D eigenvalue weighted by Crippen LogP contribution is -2.57. The van der Waals surface area contributed by atoms with Gasteiger partial charge < -0.3 is 19.3 Å². The van der Waals surface area contributed by atoms with E-state index in [1.165, 1.54) is 18.3 Å². The number of pyridine rings is 1. The maximum Gasteiger partial charge on any atom is 0.228 e. The number of hydrogen-bond donors (Lipinski definition) is 0. The second-order valence-corrected chi connectivity index (χ2v) is 10.0. The molecule has 0 spiro atoms. The number of ether oxygens (including phenoxy) is 2. The van der Waals surface area contributed by atoms with Crippen molar-refractivity contribution in [2.45, 2.75) is 24.0 Å². The number of amides is 1. The molecule has 202 valence electrons.